The molecule has 10 nitrogen and oxygen atoms in total. The van der Waals surface area contributed by atoms with Crippen LogP contribution < -0.4 is 10.1 Å². The molecule has 0 radical (unpaired) electrons. The minimum absolute atomic E-state index is 0.239. The number of amides is 1. The van der Waals surface area contributed by atoms with E-state index in [9.17, 15) is 4.79 Å². The lowest BCUT2D eigenvalue weighted by molar-refractivity contribution is 0.0383. The number of benzene rings is 1. The molecule has 4 heterocycles. The summed E-state index contributed by atoms with van der Waals surface area (Å²) in [6.45, 7) is 4.44. The molecule has 1 amide bonds. The number of morpholine rings is 1. The van der Waals surface area contributed by atoms with Crippen LogP contribution in [-0.4, -0.2) is 77.1 Å². The number of ether oxygens (including phenoxy) is 2. The molecule has 4 aromatic rings. The highest BCUT2D eigenvalue weighted by Gasteiger charge is 2.23. The van der Waals surface area contributed by atoms with Crippen LogP contribution in [0.25, 0.3) is 28.7 Å². The Balaban J connectivity index is 1.44. The normalized spacial score (nSPS) is 14.1. The Morgan fingerprint density at radius 3 is 2.80 bits per heavy atom. The first-order valence-corrected chi connectivity index (χ1v) is 11.4. The Morgan fingerprint density at radius 2 is 2.00 bits per heavy atom. The van der Waals surface area contributed by atoms with Gasteiger partial charge in [0.2, 0.25) is 0 Å². The maximum atomic E-state index is 13.1. The van der Waals surface area contributed by atoms with Gasteiger partial charge in [-0.1, -0.05) is 12.1 Å². The SMILES string of the molecule is COc1ccccc1-c1ccnc(-n2ncc(C(=O)NCCN3CCOCC3)c2-c2ccco2)n1. The molecule has 0 unspecified atom stereocenters. The van der Waals surface area contributed by atoms with Crippen LogP contribution in [0.15, 0.2) is 65.5 Å². The molecular weight excluding hydrogens is 448 g/mol. The molecule has 1 aromatic carbocycles. The number of nitrogens with zero attached hydrogens (tertiary/aromatic N) is 5. The minimum atomic E-state index is -0.239. The fourth-order valence-electron chi connectivity index (χ4n) is 4.02. The zero-order valence-electron chi connectivity index (χ0n) is 19.4. The van der Waals surface area contributed by atoms with E-state index in [0.29, 0.717) is 41.0 Å². The second-order valence-electron chi connectivity index (χ2n) is 7.95. The van der Waals surface area contributed by atoms with Gasteiger partial charge in [-0.25, -0.2) is 9.97 Å². The summed E-state index contributed by atoms with van der Waals surface area (Å²) in [5.41, 5.74) is 2.36. The molecule has 1 aliphatic heterocycles. The molecule has 1 aliphatic rings. The van der Waals surface area contributed by atoms with E-state index in [4.69, 9.17) is 18.9 Å². The van der Waals surface area contributed by atoms with Crippen LogP contribution in [-0.2, 0) is 4.74 Å². The van der Waals surface area contributed by atoms with Crippen LogP contribution in [0, 0.1) is 0 Å². The van der Waals surface area contributed by atoms with Crippen molar-refractivity contribution in [3.63, 3.8) is 0 Å². The van der Waals surface area contributed by atoms with Gasteiger partial charge in [-0.2, -0.15) is 9.78 Å². The lowest BCUT2D eigenvalue weighted by Crippen LogP contribution is -2.41. The van der Waals surface area contributed by atoms with Crippen molar-refractivity contribution in [3.05, 3.63) is 66.7 Å². The van der Waals surface area contributed by atoms with Crippen molar-refractivity contribution in [1.82, 2.24) is 30.0 Å². The predicted octanol–water partition coefficient (Wildman–Crippen LogP) is 2.66. The van der Waals surface area contributed by atoms with Gasteiger partial charge in [0.15, 0.2) is 5.76 Å². The highest BCUT2D eigenvalue weighted by Crippen LogP contribution is 2.30. The quantitative estimate of drug-likeness (QED) is 0.415. The van der Waals surface area contributed by atoms with Crippen LogP contribution >= 0.6 is 0 Å². The third-order valence-corrected chi connectivity index (χ3v) is 5.80. The molecule has 180 valence electrons. The summed E-state index contributed by atoms with van der Waals surface area (Å²) in [7, 11) is 1.62. The topological polar surface area (TPSA) is 108 Å². The summed E-state index contributed by atoms with van der Waals surface area (Å²) in [6, 6.07) is 13.0. The van der Waals surface area contributed by atoms with E-state index in [1.807, 2.05) is 24.3 Å². The summed E-state index contributed by atoms with van der Waals surface area (Å²) in [5.74, 6) is 1.26. The molecule has 1 saturated heterocycles. The van der Waals surface area contributed by atoms with Gasteiger partial charge < -0.3 is 19.2 Å². The molecule has 0 saturated carbocycles. The molecule has 5 rings (SSSR count). The van der Waals surface area contributed by atoms with Gasteiger partial charge in [-0.05, 0) is 30.3 Å². The number of rotatable bonds is 8. The third-order valence-electron chi connectivity index (χ3n) is 5.80. The molecule has 3 aromatic heterocycles. The maximum absolute atomic E-state index is 13.1. The minimum Gasteiger partial charge on any atom is -0.496 e. The van der Waals surface area contributed by atoms with E-state index in [-0.39, 0.29) is 5.91 Å². The van der Waals surface area contributed by atoms with Crippen molar-refractivity contribution in [2.24, 2.45) is 0 Å². The predicted molar refractivity (Wildman–Crippen MR) is 128 cm³/mol. The Bertz CT molecular complexity index is 1280. The van der Waals surface area contributed by atoms with Crippen LogP contribution in [0.4, 0.5) is 0 Å². The van der Waals surface area contributed by atoms with E-state index >= 15 is 0 Å². The largest absolute Gasteiger partial charge is 0.496 e. The Labute approximate surface area is 202 Å². The third kappa shape index (κ3) is 4.93. The lowest BCUT2D eigenvalue weighted by Gasteiger charge is -2.26. The van der Waals surface area contributed by atoms with Crippen molar-refractivity contribution in [1.29, 1.82) is 0 Å². The van der Waals surface area contributed by atoms with Gasteiger partial charge in [-0.3, -0.25) is 9.69 Å². The summed E-state index contributed by atoms with van der Waals surface area (Å²) in [5, 5.41) is 7.44. The first-order valence-electron chi connectivity index (χ1n) is 11.4. The molecule has 10 heteroatoms. The van der Waals surface area contributed by atoms with Crippen molar-refractivity contribution in [3.8, 4) is 34.4 Å². The average molecular weight is 475 g/mol. The highest BCUT2D eigenvalue weighted by atomic mass is 16.5. The number of carbonyl (C=O) groups is 1. The molecular formula is C25H26N6O4. The first kappa shape index (κ1) is 22.8. The van der Waals surface area contributed by atoms with Gasteiger partial charge in [0, 0.05) is 37.9 Å². The number of carbonyl (C=O) groups excluding carboxylic acids is 1. The number of hydrogen-bond donors (Lipinski definition) is 1. The average Bonchev–Trinajstić information content (AvgIpc) is 3.59. The number of nitrogens with one attached hydrogen (secondary N) is 1. The lowest BCUT2D eigenvalue weighted by atomic mass is 10.1. The fourth-order valence-corrected chi connectivity index (χ4v) is 4.02. The van der Waals surface area contributed by atoms with Crippen LogP contribution in [0.3, 0.4) is 0 Å². The van der Waals surface area contributed by atoms with E-state index in [1.165, 1.54) is 10.9 Å². The second kappa shape index (κ2) is 10.5. The maximum Gasteiger partial charge on any atom is 0.255 e. The van der Waals surface area contributed by atoms with Gasteiger partial charge >= 0.3 is 0 Å². The number of furan rings is 1. The molecule has 0 spiro atoms. The van der Waals surface area contributed by atoms with Gasteiger partial charge in [-0.15, -0.1) is 0 Å². The van der Waals surface area contributed by atoms with Crippen molar-refractivity contribution < 1.29 is 18.7 Å². The number of aromatic nitrogens is 4. The highest BCUT2D eigenvalue weighted by molar-refractivity contribution is 5.99. The Kier molecular flexibility index (Phi) is 6.82. The van der Waals surface area contributed by atoms with E-state index in [1.54, 1.807) is 37.8 Å². The van der Waals surface area contributed by atoms with Crippen LogP contribution in [0.5, 0.6) is 5.75 Å². The van der Waals surface area contributed by atoms with Crippen molar-refractivity contribution in [2.75, 3.05) is 46.5 Å². The number of hydrogen-bond acceptors (Lipinski definition) is 8. The van der Waals surface area contributed by atoms with E-state index in [2.05, 4.69) is 20.3 Å². The van der Waals surface area contributed by atoms with Crippen LogP contribution in [0.1, 0.15) is 10.4 Å². The smallest absolute Gasteiger partial charge is 0.255 e. The number of para-hydroxylation sites is 1. The van der Waals surface area contributed by atoms with Crippen molar-refractivity contribution >= 4 is 5.91 Å². The Hall–Kier alpha value is -4.02. The molecule has 0 atom stereocenters. The van der Waals surface area contributed by atoms with Gasteiger partial charge in [0.1, 0.15) is 11.4 Å². The monoisotopic (exact) mass is 474 g/mol. The zero-order valence-corrected chi connectivity index (χ0v) is 19.4. The first-order chi connectivity index (χ1) is 17.2. The fraction of sp³-hybridized carbons (Fsp3) is 0.280. The summed E-state index contributed by atoms with van der Waals surface area (Å²) in [4.78, 5) is 24.5. The van der Waals surface area contributed by atoms with Gasteiger partial charge in [0.05, 0.1) is 44.0 Å². The molecule has 35 heavy (non-hydrogen) atoms. The molecule has 1 fully saturated rings. The molecule has 0 bridgehead atoms. The summed E-state index contributed by atoms with van der Waals surface area (Å²) >= 11 is 0. The van der Waals surface area contributed by atoms with Gasteiger partial charge in [0.25, 0.3) is 11.9 Å². The Morgan fingerprint density at radius 1 is 1.14 bits per heavy atom. The standard InChI is InChI=1S/C25H26N6O4/c1-33-21-6-3-2-5-18(21)20-8-9-27-25(29-20)31-23(22-7-4-14-35-22)19(17-28-31)24(32)26-10-11-30-12-15-34-16-13-30/h2-9,14,17H,10-13,15-16H2,1H3,(H,26,32). The van der Waals surface area contributed by atoms with E-state index in [0.717, 1.165) is 38.4 Å². The second-order valence-corrected chi connectivity index (χ2v) is 7.95. The molecule has 0 aliphatic carbocycles. The number of methoxy groups -OCH3 is 1. The summed E-state index contributed by atoms with van der Waals surface area (Å²) in [6.07, 6.45) is 4.72. The molecule has 1 N–H and O–H groups in total. The summed E-state index contributed by atoms with van der Waals surface area (Å²) < 4.78 is 18.0. The van der Waals surface area contributed by atoms with Crippen molar-refractivity contribution in [2.45, 2.75) is 0 Å². The van der Waals surface area contributed by atoms with Crippen LogP contribution in [0.2, 0.25) is 0 Å². The van der Waals surface area contributed by atoms with E-state index < -0.39 is 0 Å². The zero-order chi connectivity index (χ0) is 24.0.